The van der Waals surface area contributed by atoms with Crippen molar-refractivity contribution in [2.24, 2.45) is 5.41 Å². The molecule has 0 unspecified atom stereocenters. The quantitative estimate of drug-likeness (QED) is 0.684. The van der Waals surface area contributed by atoms with Gasteiger partial charge in [-0.05, 0) is 42.4 Å². The Bertz CT molecular complexity index is 938. The molecule has 166 valence electrons. The van der Waals surface area contributed by atoms with Crippen LogP contribution in [-0.4, -0.2) is 47.8 Å². The van der Waals surface area contributed by atoms with Crippen LogP contribution >= 0.6 is 11.6 Å². The van der Waals surface area contributed by atoms with Crippen molar-refractivity contribution in [1.29, 1.82) is 0 Å². The van der Waals surface area contributed by atoms with E-state index in [1.165, 1.54) is 12.1 Å². The number of nitrogens with zero attached hydrogens (tertiary/aromatic N) is 1. The van der Waals surface area contributed by atoms with Crippen molar-refractivity contribution >= 4 is 29.2 Å². The van der Waals surface area contributed by atoms with Crippen molar-refractivity contribution in [2.75, 3.05) is 18.1 Å². The fraction of sp³-hybridized carbons (Fsp3) is 0.545. The van der Waals surface area contributed by atoms with E-state index in [4.69, 9.17) is 27.5 Å². The molecule has 2 aliphatic carbocycles. The highest BCUT2D eigenvalue weighted by Crippen LogP contribution is 2.63. The van der Waals surface area contributed by atoms with E-state index in [1.54, 1.807) is 6.07 Å². The summed E-state index contributed by atoms with van der Waals surface area (Å²) in [5.41, 5.74) is -1.62. The van der Waals surface area contributed by atoms with E-state index >= 15 is 0 Å². The first-order chi connectivity index (χ1) is 14.6. The molecule has 3 aliphatic rings. The second-order valence-electron chi connectivity index (χ2n) is 8.71. The molecule has 1 N–H and O–H groups in total. The van der Waals surface area contributed by atoms with E-state index in [0.29, 0.717) is 18.6 Å². The fourth-order valence-electron chi connectivity index (χ4n) is 5.09. The number of rotatable bonds is 5. The molecule has 1 saturated heterocycles. The Morgan fingerprint density at radius 1 is 1.26 bits per heavy atom. The minimum Gasteiger partial charge on any atom is -0.489 e. The Balaban J connectivity index is 1.53. The number of alkyl halides is 2. The van der Waals surface area contributed by atoms with Crippen LogP contribution in [0.1, 0.15) is 38.5 Å². The molecule has 4 rings (SSSR count). The zero-order valence-corrected chi connectivity index (χ0v) is 17.5. The highest BCUT2D eigenvalue weighted by Gasteiger charge is 2.62. The summed E-state index contributed by atoms with van der Waals surface area (Å²) in [4.78, 5) is 25.8. The van der Waals surface area contributed by atoms with Gasteiger partial charge in [-0.15, -0.1) is 6.42 Å². The highest BCUT2D eigenvalue weighted by molar-refractivity contribution is 6.32. The van der Waals surface area contributed by atoms with Gasteiger partial charge in [-0.2, -0.15) is 0 Å². The maximum absolute atomic E-state index is 13.2. The largest absolute Gasteiger partial charge is 0.489 e. The molecule has 31 heavy (non-hydrogen) atoms. The summed E-state index contributed by atoms with van der Waals surface area (Å²) in [5, 5.41) is 10.1. The SMILES string of the molecule is C#CC(=O)N(c1ccc(OC2CC3(C2)CC(F)(F)C3)c(Cl)c1)C1(C(=O)O)CCOCC1. The monoisotopic (exact) mass is 453 g/mol. The van der Waals surface area contributed by atoms with E-state index in [9.17, 15) is 23.5 Å². The summed E-state index contributed by atoms with van der Waals surface area (Å²) in [7, 11) is 0. The molecule has 0 bridgehead atoms. The number of carbonyl (C=O) groups excluding carboxylic acids is 1. The maximum Gasteiger partial charge on any atom is 0.330 e. The molecule has 0 radical (unpaired) electrons. The number of aliphatic carboxylic acids is 1. The lowest BCUT2D eigenvalue weighted by molar-refractivity contribution is -0.214. The van der Waals surface area contributed by atoms with Crippen molar-refractivity contribution < 1.29 is 33.0 Å². The second-order valence-corrected chi connectivity index (χ2v) is 9.11. The highest BCUT2D eigenvalue weighted by atomic mass is 35.5. The Hall–Kier alpha value is -2.37. The molecule has 1 heterocycles. The molecule has 0 aromatic heterocycles. The van der Waals surface area contributed by atoms with Gasteiger partial charge in [0.05, 0.1) is 11.1 Å². The Morgan fingerprint density at radius 3 is 2.42 bits per heavy atom. The van der Waals surface area contributed by atoms with Crippen LogP contribution in [0.25, 0.3) is 0 Å². The summed E-state index contributed by atoms with van der Waals surface area (Å²) in [6.07, 6.45) is 6.18. The van der Waals surface area contributed by atoms with Gasteiger partial charge in [-0.1, -0.05) is 11.6 Å². The topological polar surface area (TPSA) is 76.1 Å². The predicted molar refractivity (Wildman–Crippen MR) is 108 cm³/mol. The normalized spacial score (nSPS) is 23.2. The summed E-state index contributed by atoms with van der Waals surface area (Å²) < 4.78 is 37.5. The van der Waals surface area contributed by atoms with Crippen LogP contribution in [0, 0.1) is 17.8 Å². The van der Waals surface area contributed by atoms with Crippen molar-refractivity contribution in [3.05, 3.63) is 23.2 Å². The third-order valence-corrected chi connectivity index (χ3v) is 6.82. The molecule has 1 aliphatic heterocycles. The molecule has 1 aromatic rings. The number of carboxylic acids is 1. The minimum atomic E-state index is -2.57. The fourth-order valence-corrected chi connectivity index (χ4v) is 5.31. The van der Waals surface area contributed by atoms with Crippen molar-refractivity contribution in [2.45, 2.75) is 56.1 Å². The van der Waals surface area contributed by atoms with E-state index in [1.807, 2.05) is 5.92 Å². The van der Waals surface area contributed by atoms with Gasteiger partial charge in [0.2, 0.25) is 5.92 Å². The number of hydrogen-bond donors (Lipinski definition) is 1. The number of carbonyl (C=O) groups is 2. The van der Waals surface area contributed by atoms with Crippen LogP contribution in [-0.2, 0) is 14.3 Å². The number of hydrogen-bond acceptors (Lipinski definition) is 4. The Morgan fingerprint density at radius 2 is 1.90 bits per heavy atom. The van der Waals surface area contributed by atoms with Crippen LogP contribution in [0.15, 0.2) is 18.2 Å². The van der Waals surface area contributed by atoms with Crippen molar-refractivity contribution in [3.8, 4) is 18.1 Å². The number of benzene rings is 1. The molecule has 9 heteroatoms. The molecule has 2 saturated carbocycles. The first-order valence-electron chi connectivity index (χ1n) is 10.1. The summed E-state index contributed by atoms with van der Waals surface area (Å²) in [6, 6.07) is 4.52. The molecule has 6 nitrogen and oxygen atoms in total. The number of anilines is 1. The molecule has 1 amide bonds. The predicted octanol–water partition coefficient (Wildman–Crippen LogP) is 3.90. The molecule has 3 fully saturated rings. The van der Waals surface area contributed by atoms with E-state index < -0.39 is 23.3 Å². The lowest BCUT2D eigenvalue weighted by Crippen LogP contribution is -2.60. The van der Waals surface area contributed by atoms with Crippen LogP contribution in [0.2, 0.25) is 5.02 Å². The number of ether oxygens (including phenoxy) is 2. The third-order valence-electron chi connectivity index (χ3n) is 6.53. The van der Waals surface area contributed by atoms with Gasteiger partial charge >= 0.3 is 11.9 Å². The van der Waals surface area contributed by atoms with Crippen molar-refractivity contribution in [1.82, 2.24) is 0 Å². The van der Waals surface area contributed by atoms with Gasteiger partial charge in [0, 0.05) is 44.6 Å². The minimum absolute atomic E-state index is 0.0837. The first kappa shape index (κ1) is 21.8. The summed E-state index contributed by atoms with van der Waals surface area (Å²) >= 11 is 6.37. The smallest absolute Gasteiger partial charge is 0.330 e. The number of terminal acetylenes is 1. The van der Waals surface area contributed by atoms with Gasteiger partial charge in [0.1, 0.15) is 5.75 Å². The molecule has 1 aromatic carbocycles. The van der Waals surface area contributed by atoms with Gasteiger partial charge in [-0.3, -0.25) is 9.69 Å². The van der Waals surface area contributed by atoms with E-state index in [0.717, 1.165) is 4.90 Å². The lowest BCUT2D eigenvalue weighted by atomic mass is 9.53. The van der Waals surface area contributed by atoms with Crippen molar-refractivity contribution in [3.63, 3.8) is 0 Å². The maximum atomic E-state index is 13.2. The first-order valence-corrected chi connectivity index (χ1v) is 10.4. The van der Waals surface area contributed by atoms with Crippen LogP contribution < -0.4 is 9.64 Å². The molecular formula is C22H22ClF2NO5. The Labute approximate surface area is 183 Å². The molecule has 1 spiro atoms. The standard InChI is InChI=1S/C22H22ClF2NO5/c1-2-18(27)26(21(19(28)29)5-7-30-8-6-21)14-3-4-17(16(23)9-14)31-15-10-20(11-15)12-22(24,25)13-20/h1,3-4,9,15H,5-8,10-13H2,(H,28,29). The summed E-state index contributed by atoms with van der Waals surface area (Å²) in [6.45, 7) is 0.357. The average molecular weight is 454 g/mol. The number of halogens is 3. The second kappa shape index (κ2) is 7.64. The summed E-state index contributed by atoms with van der Waals surface area (Å²) in [5.74, 6) is -2.18. The van der Waals surface area contributed by atoms with E-state index in [2.05, 4.69) is 0 Å². The molecule has 0 atom stereocenters. The van der Waals surface area contributed by atoms with Gasteiger partial charge in [0.15, 0.2) is 5.54 Å². The molecular weight excluding hydrogens is 432 g/mol. The zero-order valence-electron chi connectivity index (χ0n) is 16.7. The number of amides is 1. The van der Waals surface area contributed by atoms with Crippen LogP contribution in [0.4, 0.5) is 14.5 Å². The van der Waals surface area contributed by atoms with Crippen LogP contribution in [0.5, 0.6) is 5.75 Å². The van der Waals surface area contributed by atoms with Gasteiger partial charge in [0.25, 0.3) is 0 Å². The van der Waals surface area contributed by atoms with Gasteiger partial charge in [-0.25, -0.2) is 13.6 Å². The number of carboxylic acid groups (broad SMARTS) is 1. The van der Waals surface area contributed by atoms with Crippen LogP contribution in [0.3, 0.4) is 0 Å². The van der Waals surface area contributed by atoms with E-state index in [-0.39, 0.29) is 61.1 Å². The van der Waals surface area contributed by atoms with Gasteiger partial charge < -0.3 is 14.6 Å². The average Bonchev–Trinajstić information content (AvgIpc) is 2.67. The third kappa shape index (κ3) is 3.85. The zero-order chi connectivity index (χ0) is 22.4. The Kier molecular flexibility index (Phi) is 5.39. The lowest BCUT2D eigenvalue weighted by Gasteiger charge is -2.56.